The summed E-state index contributed by atoms with van der Waals surface area (Å²) in [6, 6.07) is 8.31. The minimum atomic E-state index is -0.500. The standard InChI is InChI=1S/C25H23ClF2N6O/c1-33-20-3-2-8-29-21(20)31-22(33)17-12-25(17)6-9-34(10-7-25)23-19(28)13-30-24(32-23)35-14-15-4-5-16(26)11-18(15)27/h2-5,8,11,13,17H,6-7,9-10,12,14H2,1H3/t17-/m0/s1. The molecule has 1 saturated carbocycles. The van der Waals surface area contributed by atoms with E-state index in [1.807, 2.05) is 24.1 Å². The van der Waals surface area contributed by atoms with Gasteiger partial charge < -0.3 is 14.2 Å². The lowest BCUT2D eigenvalue weighted by molar-refractivity contribution is 0.273. The normalized spacial score (nSPS) is 18.9. The molecular formula is C25H23ClF2N6O. The lowest BCUT2D eigenvalue weighted by Crippen LogP contribution is -2.36. The van der Waals surface area contributed by atoms with Gasteiger partial charge in [0.2, 0.25) is 0 Å². The van der Waals surface area contributed by atoms with Crippen LogP contribution >= 0.6 is 11.6 Å². The highest BCUT2D eigenvalue weighted by Crippen LogP contribution is 2.64. The lowest BCUT2D eigenvalue weighted by atomic mass is 9.90. The smallest absolute Gasteiger partial charge is 0.318 e. The summed E-state index contributed by atoms with van der Waals surface area (Å²) in [4.78, 5) is 19.3. The number of nitrogens with zero attached hydrogens (tertiary/aromatic N) is 6. The summed E-state index contributed by atoms with van der Waals surface area (Å²) in [5, 5.41) is 0.306. The van der Waals surface area contributed by atoms with Crippen LogP contribution in [0.15, 0.2) is 42.7 Å². The maximum Gasteiger partial charge on any atom is 0.318 e. The molecule has 1 atom stereocenters. The van der Waals surface area contributed by atoms with Crippen molar-refractivity contribution in [2.45, 2.75) is 31.8 Å². The van der Waals surface area contributed by atoms with Crippen LogP contribution in [-0.4, -0.2) is 37.6 Å². The fourth-order valence-corrected chi connectivity index (χ4v) is 5.36. The average molecular weight is 497 g/mol. The van der Waals surface area contributed by atoms with Gasteiger partial charge in [-0.05, 0) is 48.9 Å². The fraction of sp³-hybridized carbons (Fsp3) is 0.360. The maximum absolute atomic E-state index is 14.6. The van der Waals surface area contributed by atoms with Crippen molar-refractivity contribution in [3.63, 3.8) is 0 Å². The zero-order valence-corrected chi connectivity index (χ0v) is 19.8. The molecule has 2 fully saturated rings. The van der Waals surface area contributed by atoms with Crippen molar-refractivity contribution in [2.75, 3.05) is 18.0 Å². The molecule has 3 aromatic heterocycles. The number of fused-ring (bicyclic) bond motifs is 1. The SMILES string of the molecule is Cn1c([C@@H]2CC23CCN(c2nc(OCc4ccc(Cl)cc4F)ncc2F)CC3)nc2ncccc21. The van der Waals surface area contributed by atoms with Gasteiger partial charge in [-0.25, -0.2) is 23.7 Å². The predicted molar refractivity (Wildman–Crippen MR) is 127 cm³/mol. The van der Waals surface area contributed by atoms with Crippen molar-refractivity contribution in [1.29, 1.82) is 0 Å². The van der Waals surface area contributed by atoms with Gasteiger partial charge in [0.1, 0.15) is 18.2 Å². The third kappa shape index (κ3) is 3.97. The predicted octanol–water partition coefficient (Wildman–Crippen LogP) is 5.04. The van der Waals surface area contributed by atoms with E-state index in [0.29, 0.717) is 29.6 Å². The van der Waals surface area contributed by atoms with Gasteiger partial charge in [0.05, 0.1) is 11.7 Å². The molecule has 6 rings (SSSR count). The van der Waals surface area contributed by atoms with Gasteiger partial charge in [-0.3, -0.25) is 0 Å². The summed E-state index contributed by atoms with van der Waals surface area (Å²) in [5.74, 6) is 0.694. The van der Waals surface area contributed by atoms with Crippen molar-refractivity contribution in [2.24, 2.45) is 12.5 Å². The van der Waals surface area contributed by atoms with E-state index >= 15 is 0 Å². The molecule has 0 bridgehead atoms. The van der Waals surface area contributed by atoms with E-state index in [-0.39, 0.29) is 23.9 Å². The molecule has 2 aliphatic rings. The summed E-state index contributed by atoms with van der Waals surface area (Å²) in [6.45, 7) is 1.28. The van der Waals surface area contributed by atoms with Crippen LogP contribution < -0.4 is 9.64 Å². The Morgan fingerprint density at radius 1 is 1.11 bits per heavy atom. The number of aromatic nitrogens is 5. The van der Waals surface area contributed by atoms with E-state index in [1.165, 1.54) is 6.07 Å². The molecule has 0 radical (unpaired) electrons. The van der Waals surface area contributed by atoms with Gasteiger partial charge in [-0.2, -0.15) is 4.98 Å². The Kier molecular flexibility index (Phi) is 5.32. The van der Waals surface area contributed by atoms with Gasteiger partial charge in [0, 0.05) is 42.8 Å². The summed E-state index contributed by atoms with van der Waals surface area (Å²) >= 11 is 5.79. The van der Waals surface area contributed by atoms with Crippen molar-refractivity contribution >= 4 is 28.6 Å². The number of anilines is 1. The number of rotatable bonds is 5. The topological polar surface area (TPSA) is 69.0 Å². The van der Waals surface area contributed by atoms with Crippen LogP contribution in [0.1, 0.15) is 36.6 Å². The van der Waals surface area contributed by atoms with Crippen LogP contribution in [-0.2, 0) is 13.7 Å². The van der Waals surface area contributed by atoms with Gasteiger partial charge in [-0.1, -0.05) is 17.7 Å². The molecular weight excluding hydrogens is 474 g/mol. The van der Waals surface area contributed by atoms with E-state index in [4.69, 9.17) is 21.3 Å². The van der Waals surface area contributed by atoms with Crippen LogP contribution in [0.4, 0.5) is 14.6 Å². The Balaban J connectivity index is 1.13. The van der Waals surface area contributed by atoms with Crippen LogP contribution in [0, 0.1) is 17.0 Å². The zero-order valence-electron chi connectivity index (χ0n) is 19.1. The number of hydrogen-bond donors (Lipinski definition) is 0. The number of benzene rings is 1. The second-order valence-electron chi connectivity index (χ2n) is 9.33. The number of pyridine rings is 1. The Labute approximate surface area is 205 Å². The number of piperidine rings is 1. The third-order valence-corrected chi connectivity index (χ3v) is 7.56. The minimum Gasteiger partial charge on any atom is -0.458 e. The molecule has 7 nitrogen and oxygen atoms in total. The Morgan fingerprint density at radius 3 is 2.71 bits per heavy atom. The maximum atomic E-state index is 14.6. The van der Waals surface area contributed by atoms with E-state index < -0.39 is 11.6 Å². The largest absolute Gasteiger partial charge is 0.458 e. The number of halogens is 3. The van der Waals surface area contributed by atoms with E-state index in [1.54, 1.807) is 18.3 Å². The highest BCUT2D eigenvalue weighted by Gasteiger charge is 2.57. The fourth-order valence-electron chi connectivity index (χ4n) is 5.20. The first-order chi connectivity index (χ1) is 16.9. The summed E-state index contributed by atoms with van der Waals surface area (Å²) < 4.78 is 36.4. The van der Waals surface area contributed by atoms with Crippen LogP contribution in [0.3, 0.4) is 0 Å². The molecule has 0 N–H and O–H groups in total. The summed E-state index contributed by atoms with van der Waals surface area (Å²) in [6.07, 6.45) is 5.78. The van der Waals surface area contributed by atoms with E-state index in [9.17, 15) is 8.78 Å². The molecule has 0 amide bonds. The van der Waals surface area contributed by atoms with Gasteiger partial charge in [-0.15, -0.1) is 0 Å². The molecule has 4 heterocycles. The second-order valence-corrected chi connectivity index (χ2v) is 9.77. The first kappa shape index (κ1) is 22.2. The third-order valence-electron chi connectivity index (χ3n) is 7.33. The molecule has 1 aliphatic heterocycles. The van der Waals surface area contributed by atoms with Crippen LogP contribution in [0.25, 0.3) is 11.2 Å². The Bertz CT molecular complexity index is 1420. The first-order valence-electron chi connectivity index (χ1n) is 11.6. The molecule has 180 valence electrons. The molecule has 1 spiro atoms. The molecule has 1 saturated heterocycles. The van der Waals surface area contributed by atoms with Gasteiger partial charge in [0.25, 0.3) is 0 Å². The van der Waals surface area contributed by atoms with Gasteiger partial charge in [0.15, 0.2) is 17.3 Å². The quantitative estimate of drug-likeness (QED) is 0.385. The molecule has 10 heteroatoms. The number of ether oxygens (including phenoxy) is 1. The first-order valence-corrected chi connectivity index (χ1v) is 11.9. The molecule has 0 unspecified atom stereocenters. The molecule has 4 aromatic rings. The average Bonchev–Trinajstić information content (AvgIpc) is 3.44. The Hall–Kier alpha value is -3.33. The zero-order chi connectivity index (χ0) is 24.2. The lowest BCUT2D eigenvalue weighted by Gasteiger charge is -2.33. The van der Waals surface area contributed by atoms with Crippen molar-refractivity contribution in [3.8, 4) is 6.01 Å². The van der Waals surface area contributed by atoms with E-state index in [2.05, 4.69) is 19.5 Å². The second kappa shape index (κ2) is 8.41. The van der Waals surface area contributed by atoms with Crippen LogP contribution in [0.5, 0.6) is 6.01 Å². The van der Waals surface area contributed by atoms with Crippen molar-refractivity contribution in [3.05, 3.63) is 70.8 Å². The number of imidazole rings is 1. The molecule has 1 aliphatic carbocycles. The van der Waals surface area contributed by atoms with Crippen molar-refractivity contribution in [1.82, 2.24) is 24.5 Å². The molecule has 1 aromatic carbocycles. The highest BCUT2D eigenvalue weighted by atomic mass is 35.5. The number of hydrogen-bond acceptors (Lipinski definition) is 6. The van der Waals surface area contributed by atoms with E-state index in [0.717, 1.165) is 42.4 Å². The highest BCUT2D eigenvalue weighted by molar-refractivity contribution is 6.30. The van der Waals surface area contributed by atoms with Crippen LogP contribution in [0.2, 0.25) is 5.02 Å². The van der Waals surface area contributed by atoms with Gasteiger partial charge >= 0.3 is 6.01 Å². The number of aryl methyl sites for hydroxylation is 1. The Morgan fingerprint density at radius 2 is 1.94 bits per heavy atom. The minimum absolute atomic E-state index is 0.00698. The van der Waals surface area contributed by atoms with Crippen molar-refractivity contribution < 1.29 is 13.5 Å². The monoisotopic (exact) mass is 496 g/mol. The molecule has 35 heavy (non-hydrogen) atoms. The summed E-state index contributed by atoms with van der Waals surface area (Å²) in [7, 11) is 2.04. The summed E-state index contributed by atoms with van der Waals surface area (Å²) in [5.41, 5.74) is 2.32.